The summed E-state index contributed by atoms with van der Waals surface area (Å²) in [6.45, 7) is 0.614. The topological polar surface area (TPSA) is 67.8 Å². The van der Waals surface area contributed by atoms with E-state index < -0.39 is 6.09 Å². The third-order valence-electron chi connectivity index (χ3n) is 2.16. The normalized spacial score (nSPS) is 9.76. The molecule has 0 fully saturated rings. The fourth-order valence-electron chi connectivity index (χ4n) is 1.29. The van der Waals surface area contributed by atoms with Crippen LogP contribution in [-0.2, 0) is 11.3 Å². The van der Waals surface area contributed by atoms with Gasteiger partial charge >= 0.3 is 6.09 Å². The number of rotatable bonds is 6. The Bertz CT molecular complexity index is 354. The van der Waals surface area contributed by atoms with Crippen LogP contribution in [0.4, 0.5) is 4.79 Å². The van der Waals surface area contributed by atoms with E-state index in [1.807, 2.05) is 24.3 Å². The fourth-order valence-corrected chi connectivity index (χ4v) is 1.29. The number of nitrogens with one attached hydrogen (secondary N) is 1. The summed E-state index contributed by atoms with van der Waals surface area (Å²) in [7, 11) is 1.57. The number of carbonyl (C=O) groups excluding carboxylic acids is 1. The average Bonchev–Trinajstić information content (AvgIpc) is 2.37. The number of carbonyl (C=O) groups is 1. The molecule has 0 aliphatic rings. The van der Waals surface area contributed by atoms with Gasteiger partial charge in [0.1, 0.15) is 12.4 Å². The number of aliphatic hydroxyl groups excluding tert-OH is 1. The number of ether oxygens (including phenoxy) is 2. The lowest BCUT2D eigenvalue weighted by Gasteiger charge is -2.09. The first-order chi connectivity index (χ1) is 8.27. The van der Waals surface area contributed by atoms with Crippen molar-refractivity contribution >= 4 is 6.09 Å². The van der Waals surface area contributed by atoms with E-state index in [0.717, 1.165) is 5.56 Å². The van der Waals surface area contributed by atoms with Crippen LogP contribution in [0.1, 0.15) is 12.0 Å². The van der Waals surface area contributed by atoms with Crippen LogP contribution >= 0.6 is 0 Å². The van der Waals surface area contributed by atoms with E-state index in [1.165, 1.54) is 0 Å². The van der Waals surface area contributed by atoms with Crippen molar-refractivity contribution in [2.24, 2.45) is 0 Å². The van der Waals surface area contributed by atoms with Gasteiger partial charge in [-0.3, -0.25) is 0 Å². The first-order valence-corrected chi connectivity index (χ1v) is 5.41. The molecule has 0 aliphatic carbocycles. The minimum atomic E-state index is -0.496. The monoisotopic (exact) mass is 239 g/mol. The summed E-state index contributed by atoms with van der Waals surface area (Å²) in [5, 5.41) is 11.1. The van der Waals surface area contributed by atoms with Crippen molar-refractivity contribution in [1.29, 1.82) is 0 Å². The average molecular weight is 239 g/mol. The Balaban J connectivity index is 2.36. The molecule has 0 atom stereocenters. The Labute approximate surface area is 100 Å². The van der Waals surface area contributed by atoms with E-state index >= 15 is 0 Å². The summed E-state index contributed by atoms with van der Waals surface area (Å²) in [4.78, 5) is 11.2. The molecule has 1 aromatic rings. The van der Waals surface area contributed by atoms with Gasteiger partial charge in [0.15, 0.2) is 0 Å². The van der Waals surface area contributed by atoms with Gasteiger partial charge in [-0.05, 0) is 12.5 Å². The van der Waals surface area contributed by atoms with Crippen LogP contribution < -0.4 is 10.1 Å². The Morgan fingerprint density at radius 2 is 2.18 bits per heavy atom. The van der Waals surface area contributed by atoms with Crippen molar-refractivity contribution in [2.75, 3.05) is 20.3 Å². The zero-order valence-electron chi connectivity index (χ0n) is 9.81. The highest BCUT2D eigenvalue weighted by Gasteiger charge is 2.05. The molecule has 5 heteroatoms. The highest BCUT2D eigenvalue weighted by Crippen LogP contribution is 2.17. The molecule has 0 unspecified atom stereocenters. The SMILES string of the molecule is COc1ccccc1COC(=O)NCCCO. The molecule has 0 spiro atoms. The summed E-state index contributed by atoms with van der Waals surface area (Å²) in [5.74, 6) is 0.690. The lowest BCUT2D eigenvalue weighted by atomic mass is 10.2. The summed E-state index contributed by atoms with van der Waals surface area (Å²) >= 11 is 0. The largest absolute Gasteiger partial charge is 0.496 e. The second-order valence-electron chi connectivity index (χ2n) is 3.39. The lowest BCUT2D eigenvalue weighted by molar-refractivity contribution is 0.138. The highest BCUT2D eigenvalue weighted by atomic mass is 16.5. The van der Waals surface area contributed by atoms with E-state index in [4.69, 9.17) is 14.6 Å². The van der Waals surface area contributed by atoms with Crippen LogP contribution in [0, 0.1) is 0 Å². The molecule has 0 bridgehead atoms. The van der Waals surface area contributed by atoms with E-state index in [1.54, 1.807) is 7.11 Å². The van der Waals surface area contributed by atoms with Crippen molar-refractivity contribution in [3.05, 3.63) is 29.8 Å². The molecule has 1 amide bonds. The predicted octanol–water partition coefficient (Wildman–Crippen LogP) is 1.30. The summed E-state index contributed by atoms with van der Waals surface area (Å²) < 4.78 is 10.1. The quantitative estimate of drug-likeness (QED) is 0.734. The van der Waals surface area contributed by atoms with Crippen LogP contribution in [0.2, 0.25) is 0 Å². The number of amides is 1. The summed E-state index contributed by atoms with van der Waals surface area (Å²) in [6.07, 6.45) is 0.0217. The molecule has 2 N–H and O–H groups in total. The van der Waals surface area contributed by atoms with Crippen LogP contribution in [-0.4, -0.2) is 31.5 Å². The third kappa shape index (κ3) is 4.74. The summed E-state index contributed by atoms with van der Waals surface area (Å²) in [5.41, 5.74) is 0.812. The Morgan fingerprint density at radius 1 is 1.41 bits per heavy atom. The van der Waals surface area contributed by atoms with Gasteiger partial charge in [-0.1, -0.05) is 18.2 Å². The Morgan fingerprint density at radius 3 is 2.88 bits per heavy atom. The van der Waals surface area contributed by atoms with Crippen LogP contribution in [0.5, 0.6) is 5.75 Å². The maximum Gasteiger partial charge on any atom is 0.407 e. The molecule has 1 rings (SSSR count). The lowest BCUT2D eigenvalue weighted by Crippen LogP contribution is -2.25. The van der Waals surface area contributed by atoms with Crippen molar-refractivity contribution in [3.8, 4) is 5.75 Å². The molecule has 0 aliphatic heterocycles. The van der Waals surface area contributed by atoms with Gasteiger partial charge in [0.25, 0.3) is 0 Å². The van der Waals surface area contributed by atoms with Gasteiger partial charge in [-0.15, -0.1) is 0 Å². The second kappa shape index (κ2) is 7.51. The molecule has 0 saturated heterocycles. The first kappa shape index (κ1) is 13.3. The van der Waals surface area contributed by atoms with Crippen LogP contribution in [0.3, 0.4) is 0 Å². The van der Waals surface area contributed by atoms with E-state index in [-0.39, 0.29) is 13.2 Å². The van der Waals surface area contributed by atoms with E-state index in [2.05, 4.69) is 5.32 Å². The first-order valence-electron chi connectivity index (χ1n) is 5.41. The molecule has 0 heterocycles. The standard InChI is InChI=1S/C12H17NO4/c1-16-11-6-3-2-5-10(11)9-17-12(15)13-7-4-8-14/h2-3,5-6,14H,4,7-9H2,1H3,(H,13,15). The van der Waals surface area contributed by atoms with E-state index in [0.29, 0.717) is 18.7 Å². The predicted molar refractivity (Wildman–Crippen MR) is 62.9 cm³/mol. The molecular weight excluding hydrogens is 222 g/mol. The molecule has 0 saturated carbocycles. The minimum absolute atomic E-state index is 0.0484. The number of para-hydroxylation sites is 1. The number of methoxy groups -OCH3 is 1. The molecule has 94 valence electrons. The molecule has 17 heavy (non-hydrogen) atoms. The maximum atomic E-state index is 11.2. The second-order valence-corrected chi connectivity index (χ2v) is 3.39. The number of hydrogen-bond acceptors (Lipinski definition) is 4. The van der Waals surface area contributed by atoms with Gasteiger partial charge in [0, 0.05) is 18.7 Å². The zero-order valence-corrected chi connectivity index (χ0v) is 9.81. The van der Waals surface area contributed by atoms with Gasteiger partial charge in [0.05, 0.1) is 7.11 Å². The minimum Gasteiger partial charge on any atom is -0.496 e. The molecule has 5 nitrogen and oxygen atoms in total. The van der Waals surface area contributed by atoms with Crippen molar-refractivity contribution in [2.45, 2.75) is 13.0 Å². The number of aliphatic hydroxyl groups is 1. The molecular formula is C12H17NO4. The fraction of sp³-hybridized carbons (Fsp3) is 0.417. The molecule has 1 aromatic carbocycles. The van der Waals surface area contributed by atoms with Gasteiger partial charge < -0.3 is 19.9 Å². The van der Waals surface area contributed by atoms with Gasteiger partial charge in [-0.25, -0.2) is 4.79 Å². The van der Waals surface area contributed by atoms with Gasteiger partial charge in [-0.2, -0.15) is 0 Å². The molecule has 0 radical (unpaired) electrons. The van der Waals surface area contributed by atoms with Gasteiger partial charge in [0.2, 0.25) is 0 Å². The van der Waals surface area contributed by atoms with E-state index in [9.17, 15) is 4.79 Å². The maximum absolute atomic E-state index is 11.2. The van der Waals surface area contributed by atoms with Crippen LogP contribution in [0.15, 0.2) is 24.3 Å². The van der Waals surface area contributed by atoms with Crippen LogP contribution in [0.25, 0.3) is 0 Å². The van der Waals surface area contributed by atoms with Crippen molar-refractivity contribution in [3.63, 3.8) is 0 Å². The Kier molecular flexibility index (Phi) is 5.88. The highest BCUT2D eigenvalue weighted by molar-refractivity contribution is 5.67. The number of alkyl carbamates (subject to hydrolysis) is 1. The van der Waals surface area contributed by atoms with Crippen molar-refractivity contribution < 1.29 is 19.4 Å². The molecule has 0 aromatic heterocycles. The zero-order chi connectivity index (χ0) is 12.5. The smallest absolute Gasteiger partial charge is 0.407 e. The number of benzene rings is 1. The van der Waals surface area contributed by atoms with Crippen molar-refractivity contribution in [1.82, 2.24) is 5.32 Å². The third-order valence-corrected chi connectivity index (χ3v) is 2.16. The summed E-state index contributed by atoms with van der Waals surface area (Å²) in [6, 6.07) is 7.34. The Hall–Kier alpha value is -1.75. The number of hydrogen-bond donors (Lipinski definition) is 2.